The molecule has 166 valence electrons. The number of para-hydroxylation sites is 1. The number of halogens is 1. The van der Waals surface area contributed by atoms with Crippen molar-refractivity contribution in [3.63, 3.8) is 0 Å². The third-order valence-electron chi connectivity index (χ3n) is 4.52. The van der Waals surface area contributed by atoms with Gasteiger partial charge >= 0.3 is 0 Å². The third-order valence-corrected chi connectivity index (χ3v) is 5.18. The molecule has 0 saturated carbocycles. The molecule has 0 saturated heterocycles. The molecule has 1 N–H and O–H groups in total. The van der Waals surface area contributed by atoms with Gasteiger partial charge in [-0.15, -0.1) is 0 Å². The van der Waals surface area contributed by atoms with Gasteiger partial charge in [-0.2, -0.15) is 0 Å². The van der Waals surface area contributed by atoms with Crippen LogP contribution in [0.25, 0.3) is 28.5 Å². The van der Waals surface area contributed by atoms with Crippen molar-refractivity contribution >= 4 is 40.7 Å². The van der Waals surface area contributed by atoms with E-state index in [1.807, 2.05) is 43.5 Å². The quantitative estimate of drug-likeness (QED) is 0.368. The number of fused-ring (bicyclic) bond motifs is 1. The summed E-state index contributed by atoms with van der Waals surface area (Å²) in [6, 6.07) is 11.0. The van der Waals surface area contributed by atoms with Crippen LogP contribution in [0.3, 0.4) is 0 Å². The zero-order valence-corrected chi connectivity index (χ0v) is 19.5. The van der Waals surface area contributed by atoms with Crippen LogP contribution in [-0.2, 0) is 0 Å². The van der Waals surface area contributed by atoms with E-state index in [4.69, 9.17) is 35.8 Å². The Morgan fingerprint density at radius 2 is 1.72 bits per heavy atom. The molecule has 0 aliphatic rings. The van der Waals surface area contributed by atoms with Gasteiger partial charge in [0.2, 0.25) is 5.88 Å². The van der Waals surface area contributed by atoms with E-state index in [-0.39, 0.29) is 5.15 Å². The fourth-order valence-electron chi connectivity index (χ4n) is 3.24. The Labute approximate surface area is 194 Å². The second-order valence-corrected chi connectivity index (χ2v) is 7.36. The zero-order chi connectivity index (χ0) is 22.7. The lowest BCUT2D eigenvalue weighted by Gasteiger charge is -2.16. The maximum absolute atomic E-state index is 6.34. The average molecular weight is 473 g/mol. The Morgan fingerprint density at radius 1 is 1.00 bits per heavy atom. The van der Waals surface area contributed by atoms with Gasteiger partial charge in [-0.25, -0.2) is 19.9 Å². The highest BCUT2D eigenvalue weighted by molar-refractivity contribution is 7.99. The molecule has 0 radical (unpaired) electrons. The molecule has 0 aliphatic carbocycles. The lowest BCUT2D eigenvalue weighted by Crippen LogP contribution is -2.06. The van der Waals surface area contributed by atoms with Crippen LogP contribution in [0, 0.1) is 0 Å². The Bertz CT molecular complexity index is 1240. The largest absolute Gasteiger partial charge is 0.494 e. The second kappa shape index (κ2) is 9.49. The lowest BCUT2D eigenvalue weighted by molar-refractivity contribution is 0.327. The number of imidazole rings is 1. The van der Waals surface area contributed by atoms with E-state index in [0.717, 1.165) is 0 Å². The van der Waals surface area contributed by atoms with E-state index in [9.17, 15) is 0 Å². The molecule has 0 unspecified atom stereocenters. The van der Waals surface area contributed by atoms with E-state index in [0.29, 0.717) is 58.3 Å². The van der Waals surface area contributed by atoms with Crippen molar-refractivity contribution in [2.45, 2.75) is 6.92 Å². The summed E-state index contributed by atoms with van der Waals surface area (Å²) in [7, 11) is 3.18. The number of benzene rings is 1. The first kappa shape index (κ1) is 22.0. The third kappa shape index (κ3) is 3.98. The smallest absolute Gasteiger partial charge is 0.213 e. The SMILES string of the molecule is CCOc1cccc(-c2nc3nc(Cl)c(NSC)nc3n2-c2c(OC)cccc2OC)n1. The number of rotatable bonds is 8. The van der Waals surface area contributed by atoms with Gasteiger partial charge < -0.3 is 18.9 Å². The van der Waals surface area contributed by atoms with Gasteiger partial charge in [0.05, 0.1) is 20.8 Å². The predicted molar refractivity (Wildman–Crippen MR) is 126 cm³/mol. The van der Waals surface area contributed by atoms with Crippen LogP contribution >= 0.6 is 23.5 Å². The summed E-state index contributed by atoms with van der Waals surface area (Å²) < 4.78 is 21.7. The summed E-state index contributed by atoms with van der Waals surface area (Å²) in [5, 5.41) is 0.214. The van der Waals surface area contributed by atoms with Gasteiger partial charge in [0.1, 0.15) is 22.9 Å². The van der Waals surface area contributed by atoms with Gasteiger partial charge in [0, 0.05) is 12.3 Å². The molecule has 32 heavy (non-hydrogen) atoms. The summed E-state index contributed by atoms with van der Waals surface area (Å²) in [5.74, 6) is 2.54. The highest BCUT2D eigenvalue weighted by Crippen LogP contribution is 2.38. The van der Waals surface area contributed by atoms with Crippen LogP contribution in [0.15, 0.2) is 36.4 Å². The van der Waals surface area contributed by atoms with Gasteiger partial charge in [0.15, 0.2) is 28.1 Å². The first-order valence-electron chi connectivity index (χ1n) is 9.67. The predicted octanol–water partition coefficient (Wildman–Crippen LogP) is 4.64. The number of hydrogen-bond acceptors (Lipinski definition) is 9. The fourth-order valence-corrected chi connectivity index (χ4v) is 3.80. The highest BCUT2D eigenvalue weighted by Gasteiger charge is 2.24. The monoisotopic (exact) mass is 472 g/mol. The first-order valence-corrected chi connectivity index (χ1v) is 11.3. The number of anilines is 1. The minimum Gasteiger partial charge on any atom is -0.494 e. The molecule has 3 heterocycles. The molecule has 4 aromatic rings. The minimum absolute atomic E-state index is 0.214. The first-order chi connectivity index (χ1) is 15.6. The normalized spacial score (nSPS) is 10.9. The van der Waals surface area contributed by atoms with Crippen LogP contribution in [0.2, 0.25) is 5.15 Å². The van der Waals surface area contributed by atoms with Crippen molar-refractivity contribution in [3.8, 4) is 34.6 Å². The molecule has 0 amide bonds. The molecule has 0 atom stereocenters. The van der Waals surface area contributed by atoms with Crippen molar-refractivity contribution in [3.05, 3.63) is 41.6 Å². The number of methoxy groups -OCH3 is 2. The molecule has 0 aliphatic heterocycles. The number of nitrogens with one attached hydrogen (secondary N) is 1. The fraction of sp³-hybridized carbons (Fsp3) is 0.238. The van der Waals surface area contributed by atoms with E-state index in [1.165, 1.54) is 11.9 Å². The molecule has 3 aromatic heterocycles. The van der Waals surface area contributed by atoms with E-state index >= 15 is 0 Å². The summed E-state index contributed by atoms with van der Waals surface area (Å²) in [4.78, 5) is 18.5. The average Bonchev–Trinajstić information content (AvgIpc) is 3.17. The Kier molecular flexibility index (Phi) is 6.52. The van der Waals surface area contributed by atoms with Gasteiger partial charge in [-0.1, -0.05) is 35.7 Å². The molecule has 11 heteroatoms. The van der Waals surface area contributed by atoms with E-state index in [1.54, 1.807) is 24.9 Å². The summed E-state index contributed by atoms with van der Waals surface area (Å²) in [5.41, 5.74) is 2.00. The second-order valence-electron chi connectivity index (χ2n) is 6.39. The molecule has 0 bridgehead atoms. The molecular weight excluding hydrogens is 452 g/mol. The van der Waals surface area contributed by atoms with Crippen molar-refractivity contribution in [1.82, 2.24) is 24.5 Å². The van der Waals surface area contributed by atoms with Crippen LogP contribution in [0.4, 0.5) is 5.82 Å². The Hall–Kier alpha value is -3.24. The number of aromatic nitrogens is 5. The topological polar surface area (TPSA) is 96.2 Å². The summed E-state index contributed by atoms with van der Waals surface area (Å²) in [6.07, 6.45) is 1.87. The van der Waals surface area contributed by atoms with E-state index < -0.39 is 0 Å². The van der Waals surface area contributed by atoms with Crippen molar-refractivity contribution in [2.24, 2.45) is 0 Å². The lowest BCUT2D eigenvalue weighted by atomic mass is 10.2. The zero-order valence-electron chi connectivity index (χ0n) is 17.9. The molecule has 4 rings (SSSR count). The van der Waals surface area contributed by atoms with Gasteiger partial charge in [-0.05, 0) is 25.1 Å². The number of hydrogen-bond donors (Lipinski definition) is 1. The van der Waals surface area contributed by atoms with Gasteiger partial charge in [-0.3, -0.25) is 4.57 Å². The maximum atomic E-state index is 6.34. The summed E-state index contributed by atoms with van der Waals surface area (Å²) >= 11 is 7.70. The van der Waals surface area contributed by atoms with Crippen LogP contribution in [0.1, 0.15) is 6.92 Å². The highest BCUT2D eigenvalue weighted by atomic mass is 35.5. The van der Waals surface area contributed by atoms with Crippen molar-refractivity contribution < 1.29 is 14.2 Å². The molecule has 0 fully saturated rings. The molecule has 0 spiro atoms. The number of nitrogens with zero attached hydrogens (tertiary/aromatic N) is 5. The molecule has 9 nitrogen and oxygen atoms in total. The van der Waals surface area contributed by atoms with Crippen LogP contribution < -0.4 is 18.9 Å². The molecule has 1 aromatic carbocycles. The Morgan fingerprint density at radius 3 is 2.38 bits per heavy atom. The van der Waals surface area contributed by atoms with E-state index in [2.05, 4.69) is 14.7 Å². The number of ether oxygens (including phenoxy) is 3. The minimum atomic E-state index is 0.214. The van der Waals surface area contributed by atoms with Gasteiger partial charge in [0.25, 0.3) is 0 Å². The standard InChI is InChI=1S/C21H21ClN6O3S/c1-5-31-15-11-6-8-12(23-15)20-26-19-21(25-18(27-32-4)17(22)24-19)28(20)16-13(29-2)9-7-10-14(16)30-3/h6-11H,5H2,1-4H3,(H,25,27). The summed E-state index contributed by atoms with van der Waals surface area (Å²) in [6.45, 7) is 2.40. The van der Waals surface area contributed by atoms with Crippen molar-refractivity contribution in [2.75, 3.05) is 31.8 Å². The maximum Gasteiger partial charge on any atom is 0.213 e. The number of pyridine rings is 1. The Balaban J connectivity index is 2.09. The van der Waals surface area contributed by atoms with Crippen LogP contribution in [-0.4, -0.2) is 51.6 Å². The van der Waals surface area contributed by atoms with Crippen LogP contribution in [0.5, 0.6) is 17.4 Å². The molecular formula is C21H21ClN6O3S. The van der Waals surface area contributed by atoms with Crippen molar-refractivity contribution in [1.29, 1.82) is 0 Å².